The molecule has 1 amide bonds. The fourth-order valence-electron chi connectivity index (χ4n) is 2.37. The maximum Gasteiger partial charge on any atom is 0.248 e. The number of aliphatic hydroxyl groups is 1. The zero-order valence-electron chi connectivity index (χ0n) is 7.40. The van der Waals surface area contributed by atoms with E-state index in [4.69, 9.17) is 5.11 Å². The van der Waals surface area contributed by atoms with Gasteiger partial charge in [-0.3, -0.25) is 9.59 Å². The lowest BCUT2D eigenvalue weighted by Gasteiger charge is -2.14. The zero-order chi connectivity index (χ0) is 9.42. The highest BCUT2D eigenvalue weighted by molar-refractivity contribution is 5.83. The highest BCUT2D eigenvalue weighted by Crippen LogP contribution is 2.35. The molecule has 0 bridgehead atoms. The van der Waals surface area contributed by atoms with E-state index >= 15 is 0 Å². The highest BCUT2D eigenvalue weighted by Gasteiger charge is 2.41. The third-order valence-electron chi connectivity index (χ3n) is 3.04. The van der Waals surface area contributed by atoms with Crippen molar-refractivity contribution in [1.29, 1.82) is 0 Å². The molecule has 4 heteroatoms. The Morgan fingerprint density at radius 2 is 1.92 bits per heavy atom. The standard InChI is InChI=1S/C9H13NO3/c11-5-9(13)10-3-6-1-8(12)2-7(6)4-10/h6-7,11H,1-5H2/t6-,7+. The molecule has 0 spiro atoms. The van der Waals surface area contributed by atoms with Crippen molar-refractivity contribution in [3.63, 3.8) is 0 Å². The summed E-state index contributed by atoms with van der Waals surface area (Å²) in [6.45, 7) is 0.916. The van der Waals surface area contributed by atoms with Gasteiger partial charge in [-0.1, -0.05) is 0 Å². The van der Waals surface area contributed by atoms with Crippen LogP contribution in [0, 0.1) is 11.8 Å². The van der Waals surface area contributed by atoms with Crippen LogP contribution in [0.2, 0.25) is 0 Å². The lowest BCUT2D eigenvalue weighted by molar-refractivity contribution is -0.133. The Kier molecular flexibility index (Phi) is 2.07. The highest BCUT2D eigenvalue weighted by atomic mass is 16.3. The number of carbonyl (C=O) groups excluding carboxylic acids is 2. The summed E-state index contributed by atoms with van der Waals surface area (Å²) < 4.78 is 0. The fraction of sp³-hybridized carbons (Fsp3) is 0.778. The first-order valence-corrected chi connectivity index (χ1v) is 4.61. The molecule has 2 rings (SSSR count). The van der Waals surface area contributed by atoms with Gasteiger partial charge in [0.2, 0.25) is 5.91 Å². The molecule has 0 unspecified atom stereocenters. The molecule has 1 N–H and O–H groups in total. The third-order valence-corrected chi connectivity index (χ3v) is 3.04. The minimum atomic E-state index is -0.409. The van der Waals surface area contributed by atoms with E-state index in [1.54, 1.807) is 4.90 Å². The van der Waals surface area contributed by atoms with Gasteiger partial charge in [-0.05, 0) is 11.8 Å². The molecule has 1 aliphatic heterocycles. The Balaban J connectivity index is 1.97. The lowest BCUT2D eigenvalue weighted by Crippen LogP contribution is -2.32. The van der Waals surface area contributed by atoms with Crippen molar-refractivity contribution in [3.8, 4) is 0 Å². The van der Waals surface area contributed by atoms with Gasteiger partial charge in [-0.2, -0.15) is 0 Å². The number of amides is 1. The van der Waals surface area contributed by atoms with Gasteiger partial charge in [0.25, 0.3) is 0 Å². The first-order valence-electron chi connectivity index (χ1n) is 4.61. The molecule has 0 radical (unpaired) electrons. The molecule has 2 atom stereocenters. The van der Waals surface area contributed by atoms with E-state index in [-0.39, 0.29) is 5.91 Å². The van der Waals surface area contributed by atoms with Crippen LogP contribution >= 0.6 is 0 Å². The molecule has 1 heterocycles. The number of fused-ring (bicyclic) bond motifs is 1. The van der Waals surface area contributed by atoms with Gasteiger partial charge in [0.15, 0.2) is 0 Å². The topological polar surface area (TPSA) is 57.6 Å². The first kappa shape index (κ1) is 8.69. The van der Waals surface area contributed by atoms with Crippen molar-refractivity contribution in [3.05, 3.63) is 0 Å². The number of rotatable bonds is 1. The van der Waals surface area contributed by atoms with Gasteiger partial charge in [0, 0.05) is 25.9 Å². The van der Waals surface area contributed by atoms with Crippen molar-refractivity contribution < 1.29 is 14.7 Å². The maximum atomic E-state index is 11.1. The van der Waals surface area contributed by atoms with Crippen LogP contribution in [0.25, 0.3) is 0 Å². The second-order valence-corrected chi connectivity index (χ2v) is 3.92. The smallest absolute Gasteiger partial charge is 0.248 e. The van der Waals surface area contributed by atoms with Crippen molar-refractivity contribution in [1.82, 2.24) is 4.90 Å². The Morgan fingerprint density at radius 3 is 2.38 bits per heavy atom. The average molecular weight is 183 g/mol. The van der Waals surface area contributed by atoms with Gasteiger partial charge >= 0.3 is 0 Å². The Labute approximate surface area is 76.5 Å². The quantitative estimate of drug-likeness (QED) is 0.591. The summed E-state index contributed by atoms with van der Waals surface area (Å²) in [5.74, 6) is 0.846. The Hall–Kier alpha value is -0.900. The molecule has 4 nitrogen and oxygen atoms in total. The predicted octanol–water partition coefficient (Wildman–Crippen LogP) is -0.584. The second-order valence-electron chi connectivity index (χ2n) is 3.92. The molecule has 1 saturated carbocycles. The monoisotopic (exact) mass is 183 g/mol. The number of Topliss-reactive ketones (excluding diaryl/α,β-unsaturated/α-hetero) is 1. The molecule has 13 heavy (non-hydrogen) atoms. The fourth-order valence-corrected chi connectivity index (χ4v) is 2.37. The second kappa shape index (κ2) is 3.10. The summed E-state index contributed by atoms with van der Waals surface area (Å²) in [6.07, 6.45) is 1.25. The minimum absolute atomic E-state index is 0.207. The van der Waals surface area contributed by atoms with Crippen LogP contribution < -0.4 is 0 Å². The van der Waals surface area contributed by atoms with E-state index in [9.17, 15) is 9.59 Å². The van der Waals surface area contributed by atoms with Crippen molar-refractivity contribution in [2.75, 3.05) is 19.7 Å². The van der Waals surface area contributed by atoms with Gasteiger partial charge < -0.3 is 10.0 Å². The van der Waals surface area contributed by atoms with E-state index < -0.39 is 6.61 Å². The molecule has 0 aromatic heterocycles. The largest absolute Gasteiger partial charge is 0.387 e. The van der Waals surface area contributed by atoms with Crippen LogP contribution in [0.3, 0.4) is 0 Å². The molecular formula is C9H13NO3. The molecule has 72 valence electrons. The van der Waals surface area contributed by atoms with Gasteiger partial charge in [-0.15, -0.1) is 0 Å². The summed E-state index contributed by atoms with van der Waals surface area (Å²) >= 11 is 0. The minimum Gasteiger partial charge on any atom is -0.387 e. The Morgan fingerprint density at radius 1 is 1.38 bits per heavy atom. The SMILES string of the molecule is O=C1C[C@@H]2CN(C(=O)CO)C[C@@H]2C1. The van der Waals surface area contributed by atoms with Crippen LogP contribution in [-0.4, -0.2) is 41.4 Å². The first-order chi connectivity index (χ1) is 6.20. The average Bonchev–Trinajstić information content (AvgIpc) is 2.59. The number of likely N-dealkylation sites (tertiary alicyclic amines) is 1. The van der Waals surface area contributed by atoms with E-state index in [0.717, 1.165) is 0 Å². The van der Waals surface area contributed by atoms with Crippen molar-refractivity contribution >= 4 is 11.7 Å². The summed E-state index contributed by atoms with van der Waals surface area (Å²) in [7, 11) is 0. The summed E-state index contributed by atoms with van der Waals surface area (Å²) in [5.41, 5.74) is 0. The van der Waals surface area contributed by atoms with E-state index in [2.05, 4.69) is 0 Å². The number of aliphatic hydroxyl groups excluding tert-OH is 1. The van der Waals surface area contributed by atoms with Gasteiger partial charge in [0.1, 0.15) is 12.4 Å². The molecular weight excluding hydrogens is 170 g/mol. The van der Waals surface area contributed by atoms with Crippen LogP contribution in [0.15, 0.2) is 0 Å². The Bertz CT molecular complexity index is 235. The molecule has 2 fully saturated rings. The van der Waals surface area contributed by atoms with Crippen LogP contribution in [0.5, 0.6) is 0 Å². The van der Waals surface area contributed by atoms with Crippen molar-refractivity contribution in [2.24, 2.45) is 11.8 Å². The molecule has 0 aromatic rings. The number of hydrogen-bond acceptors (Lipinski definition) is 3. The van der Waals surface area contributed by atoms with Crippen molar-refractivity contribution in [2.45, 2.75) is 12.8 Å². The van der Waals surface area contributed by atoms with Crippen LogP contribution in [0.1, 0.15) is 12.8 Å². The summed E-state index contributed by atoms with van der Waals surface area (Å²) in [6, 6.07) is 0. The molecule has 2 aliphatic rings. The van der Waals surface area contributed by atoms with Gasteiger partial charge in [-0.25, -0.2) is 0 Å². The zero-order valence-corrected chi connectivity index (χ0v) is 7.40. The summed E-state index contributed by atoms with van der Waals surface area (Å²) in [5, 5.41) is 8.65. The number of hydrogen-bond donors (Lipinski definition) is 1. The molecule has 1 saturated heterocycles. The molecule has 1 aliphatic carbocycles. The molecule has 0 aromatic carbocycles. The number of ketones is 1. The van der Waals surface area contributed by atoms with E-state index in [1.807, 2.05) is 0 Å². The summed E-state index contributed by atoms with van der Waals surface area (Å²) in [4.78, 5) is 23.8. The van der Waals surface area contributed by atoms with Crippen LogP contribution in [-0.2, 0) is 9.59 Å². The third kappa shape index (κ3) is 1.46. The lowest BCUT2D eigenvalue weighted by atomic mass is 10.0. The van der Waals surface area contributed by atoms with Crippen LogP contribution in [0.4, 0.5) is 0 Å². The number of nitrogens with zero attached hydrogens (tertiary/aromatic N) is 1. The normalized spacial score (nSPS) is 32.4. The van der Waals surface area contributed by atoms with E-state index in [1.165, 1.54) is 0 Å². The van der Waals surface area contributed by atoms with Gasteiger partial charge in [0.05, 0.1) is 0 Å². The van der Waals surface area contributed by atoms with E-state index in [0.29, 0.717) is 43.6 Å². The predicted molar refractivity (Wildman–Crippen MR) is 44.9 cm³/mol. The maximum absolute atomic E-state index is 11.1. The number of carbonyl (C=O) groups is 2.